The normalized spacial score (nSPS) is 13.5. The van der Waals surface area contributed by atoms with E-state index in [1.807, 2.05) is 0 Å². The van der Waals surface area contributed by atoms with Gasteiger partial charge in [0.15, 0.2) is 0 Å². The van der Waals surface area contributed by atoms with Crippen LogP contribution < -0.4 is 0 Å². The maximum absolute atomic E-state index is 2.44. The van der Waals surface area contributed by atoms with Crippen molar-refractivity contribution in [1.29, 1.82) is 0 Å². The molecule has 0 atom stereocenters. The molecule has 0 aliphatic rings. The first kappa shape index (κ1) is 28.4. The van der Waals surface area contributed by atoms with Crippen molar-refractivity contribution < 1.29 is 0 Å². The fraction of sp³-hybridized carbons (Fsp3) is 0.600. The Morgan fingerprint density at radius 1 is 0.333 bits per heavy atom. The summed E-state index contributed by atoms with van der Waals surface area (Å²) in [5.74, 6) is 0. The Balaban J connectivity index is 4.06. The molecule has 0 fully saturated rings. The van der Waals surface area contributed by atoms with Gasteiger partial charge in [-0.1, -0.05) is 69.9 Å². The lowest BCUT2D eigenvalue weighted by Crippen LogP contribution is -1.83. The molecular weight excluding hydrogens is 360 g/mol. The Bertz CT molecular complexity index is 578. The summed E-state index contributed by atoms with van der Waals surface area (Å²) in [4.78, 5) is 0. The third-order valence-electron chi connectivity index (χ3n) is 5.40. The van der Waals surface area contributed by atoms with Gasteiger partial charge in [0.1, 0.15) is 0 Å². The van der Waals surface area contributed by atoms with E-state index < -0.39 is 0 Å². The Hall–Kier alpha value is -1.56. The smallest absolute Gasteiger partial charge is 0.0286 e. The molecule has 0 amide bonds. The molecule has 0 N–H and O–H groups in total. The maximum Gasteiger partial charge on any atom is -0.0286 e. The van der Waals surface area contributed by atoms with Crippen LogP contribution in [0.3, 0.4) is 0 Å². The van der Waals surface area contributed by atoms with Gasteiger partial charge in [0.2, 0.25) is 0 Å². The van der Waals surface area contributed by atoms with Crippen LogP contribution in [0, 0.1) is 0 Å². The van der Waals surface area contributed by atoms with Crippen molar-refractivity contribution >= 4 is 0 Å². The summed E-state index contributed by atoms with van der Waals surface area (Å²) >= 11 is 0. The van der Waals surface area contributed by atoms with E-state index in [-0.39, 0.29) is 0 Å². The Morgan fingerprint density at radius 2 is 0.600 bits per heavy atom. The third kappa shape index (κ3) is 19.7. The molecule has 170 valence electrons. The lowest BCUT2D eigenvalue weighted by Gasteiger charge is -2.04. The van der Waals surface area contributed by atoms with Crippen LogP contribution in [0.25, 0.3) is 0 Å². The summed E-state index contributed by atoms with van der Waals surface area (Å²) in [5, 5.41) is 0. The average molecular weight is 411 g/mol. The average Bonchev–Trinajstić information content (AvgIpc) is 2.66. The van der Waals surface area contributed by atoms with Gasteiger partial charge < -0.3 is 0 Å². The van der Waals surface area contributed by atoms with E-state index in [1.165, 1.54) is 97.6 Å². The van der Waals surface area contributed by atoms with Crippen molar-refractivity contribution in [2.24, 2.45) is 0 Å². The van der Waals surface area contributed by atoms with Crippen LogP contribution in [0.1, 0.15) is 120 Å². The zero-order valence-electron chi connectivity index (χ0n) is 21.5. The van der Waals surface area contributed by atoms with Crippen molar-refractivity contribution in [1.82, 2.24) is 0 Å². The molecular formula is C30H50. The number of hydrogen-bond acceptors (Lipinski definition) is 0. The molecule has 0 nitrogen and oxygen atoms in total. The fourth-order valence-electron chi connectivity index (χ4n) is 3.30. The summed E-state index contributed by atoms with van der Waals surface area (Å²) in [7, 11) is 0. The summed E-state index contributed by atoms with van der Waals surface area (Å²) in [6, 6.07) is 0. The zero-order valence-corrected chi connectivity index (χ0v) is 21.5. The molecule has 0 aromatic carbocycles. The largest absolute Gasteiger partial charge is 0.0856 e. The van der Waals surface area contributed by atoms with Crippen molar-refractivity contribution in [2.75, 3.05) is 0 Å². The van der Waals surface area contributed by atoms with Gasteiger partial charge in [-0.15, -0.1) is 0 Å². The molecule has 0 rings (SSSR count). The quantitative estimate of drug-likeness (QED) is 0.186. The molecule has 30 heavy (non-hydrogen) atoms. The minimum absolute atomic E-state index is 1.17. The monoisotopic (exact) mass is 410 g/mol. The number of rotatable bonds is 15. The van der Waals surface area contributed by atoms with Gasteiger partial charge in [0, 0.05) is 0 Å². The second kappa shape index (κ2) is 18.2. The molecule has 0 bridgehead atoms. The van der Waals surface area contributed by atoms with Gasteiger partial charge in [-0.3, -0.25) is 0 Å². The highest BCUT2D eigenvalue weighted by atomic mass is 14.0. The van der Waals surface area contributed by atoms with Crippen molar-refractivity contribution in [2.45, 2.75) is 120 Å². The topological polar surface area (TPSA) is 0 Å². The third-order valence-corrected chi connectivity index (χ3v) is 5.40. The predicted octanol–water partition coefficient (Wildman–Crippen LogP) is 10.6. The first-order valence-electron chi connectivity index (χ1n) is 12.1. The van der Waals surface area contributed by atoms with Gasteiger partial charge in [-0.05, 0) is 120 Å². The van der Waals surface area contributed by atoms with Gasteiger partial charge >= 0.3 is 0 Å². The first-order valence-corrected chi connectivity index (χ1v) is 12.1. The van der Waals surface area contributed by atoms with E-state index >= 15 is 0 Å². The molecule has 0 radical (unpaired) electrons. The fourth-order valence-corrected chi connectivity index (χ4v) is 3.30. The van der Waals surface area contributed by atoms with Gasteiger partial charge in [-0.2, -0.15) is 0 Å². The standard InChI is InChI=1S/C30H50/c1-25(2)15-13-21-27(5)17-9-11-19-29(7)23-24-30(8)20-12-10-18-28(6)22-14-16-26(3)4/h15-20H,9-14,21-24H2,1-8H3/b27-17+,28-18+,29-19+,30-20+. The molecule has 0 heteroatoms. The van der Waals surface area contributed by atoms with Crippen LogP contribution in [-0.4, -0.2) is 0 Å². The van der Waals surface area contributed by atoms with Crippen molar-refractivity contribution in [3.8, 4) is 0 Å². The lowest BCUT2D eigenvalue weighted by molar-refractivity contribution is 0.883. The minimum Gasteiger partial charge on any atom is -0.0856 e. The van der Waals surface area contributed by atoms with E-state index in [4.69, 9.17) is 0 Å². The van der Waals surface area contributed by atoms with E-state index in [0.29, 0.717) is 0 Å². The highest BCUT2D eigenvalue weighted by Crippen LogP contribution is 2.15. The Labute approximate surface area is 189 Å². The van der Waals surface area contributed by atoms with E-state index in [9.17, 15) is 0 Å². The van der Waals surface area contributed by atoms with Crippen LogP contribution in [0.2, 0.25) is 0 Å². The number of allylic oxidation sites excluding steroid dienone is 12. The maximum atomic E-state index is 2.44. The molecule has 0 spiro atoms. The number of unbranched alkanes of at least 4 members (excludes halogenated alkanes) is 2. The van der Waals surface area contributed by atoms with Gasteiger partial charge in [0.25, 0.3) is 0 Å². The van der Waals surface area contributed by atoms with Crippen LogP contribution in [0.15, 0.2) is 69.9 Å². The highest BCUT2D eigenvalue weighted by Gasteiger charge is 1.95. The molecule has 0 saturated heterocycles. The van der Waals surface area contributed by atoms with Crippen LogP contribution >= 0.6 is 0 Å². The zero-order chi connectivity index (χ0) is 22.8. The van der Waals surface area contributed by atoms with Crippen molar-refractivity contribution in [3.05, 3.63) is 69.9 Å². The molecule has 0 aromatic rings. The second-order valence-corrected chi connectivity index (χ2v) is 9.50. The highest BCUT2D eigenvalue weighted by molar-refractivity contribution is 5.08. The predicted molar refractivity (Wildman–Crippen MR) is 140 cm³/mol. The van der Waals surface area contributed by atoms with Crippen LogP contribution in [0.4, 0.5) is 0 Å². The SMILES string of the molecule is CC(C)=CCC/C(C)=C/CC/C=C(\C)CC/C(C)=C/CC/C=C(\C)CCC=C(C)C. The minimum atomic E-state index is 1.17. The van der Waals surface area contributed by atoms with Crippen LogP contribution in [0.5, 0.6) is 0 Å². The first-order chi connectivity index (χ1) is 14.2. The molecule has 0 saturated carbocycles. The molecule has 0 unspecified atom stereocenters. The van der Waals surface area contributed by atoms with Gasteiger partial charge in [0.05, 0.1) is 0 Å². The molecule has 0 aliphatic heterocycles. The van der Waals surface area contributed by atoms with E-state index in [1.54, 1.807) is 0 Å². The Morgan fingerprint density at radius 3 is 0.867 bits per heavy atom. The summed E-state index contributed by atoms with van der Waals surface area (Å²) in [6.07, 6.45) is 26.2. The summed E-state index contributed by atoms with van der Waals surface area (Å²) < 4.78 is 0. The van der Waals surface area contributed by atoms with E-state index in [2.05, 4.69) is 91.8 Å². The summed E-state index contributed by atoms with van der Waals surface area (Å²) in [6.45, 7) is 17.8. The molecule has 0 aromatic heterocycles. The number of hydrogen-bond donors (Lipinski definition) is 0. The molecule has 0 heterocycles. The lowest BCUT2D eigenvalue weighted by atomic mass is 10.0. The van der Waals surface area contributed by atoms with Crippen LogP contribution in [-0.2, 0) is 0 Å². The van der Waals surface area contributed by atoms with Gasteiger partial charge in [-0.25, -0.2) is 0 Å². The Kier molecular flexibility index (Phi) is 17.3. The van der Waals surface area contributed by atoms with E-state index in [0.717, 1.165) is 0 Å². The molecule has 0 aliphatic carbocycles. The second-order valence-electron chi connectivity index (χ2n) is 9.50. The summed E-state index contributed by atoms with van der Waals surface area (Å²) in [5.41, 5.74) is 8.97. The van der Waals surface area contributed by atoms with Crippen molar-refractivity contribution in [3.63, 3.8) is 0 Å².